The summed E-state index contributed by atoms with van der Waals surface area (Å²) in [4.78, 5) is 19.0. The van der Waals surface area contributed by atoms with Gasteiger partial charge in [-0.05, 0) is 25.0 Å². The number of hydrogen-bond donors (Lipinski definition) is 0. The summed E-state index contributed by atoms with van der Waals surface area (Å²) in [5, 5.41) is 1.03. The maximum atomic E-state index is 12.7. The van der Waals surface area contributed by atoms with E-state index in [9.17, 15) is 13.2 Å². The number of anilines is 1. The van der Waals surface area contributed by atoms with Crippen molar-refractivity contribution < 1.29 is 13.2 Å². The number of carbonyl (C=O) groups is 1. The molecule has 140 valence electrons. The Morgan fingerprint density at radius 2 is 1.88 bits per heavy atom. The summed E-state index contributed by atoms with van der Waals surface area (Å²) in [5.41, 5.74) is 0.724. The number of benzene rings is 1. The SMILES string of the molecule is O=C(N=C1S[C@@H]2CS(=O)(=O)C[C@@H]2N1c1ccccc1Cl)C1CCCCC1. The highest BCUT2D eigenvalue weighted by Gasteiger charge is 2.49. The van der Waals surface area contributed by atoms with Gasteiger partial charge in [0.1, 0.15) is 0 Å². The predicted octanol–water partition coefficient (Wildman–Crippen LogP) is 3.52. The van der Waals surface area contributed by atoms with Crippen molar-refractivity contribution in [3.63, 3.8) is 0 Å². The number of rotatable bonds is 2. The summed E-state index contributed by atoms with van der Waals surface area (Å²) < 4.78 is 24.2. The van der Waals surface area contributed by atoms with Gasteiger partial charge in [-0.3, -0.25) is 4.79 Å². The molecule has 0 spiro atoms. The van der Waals surface area contributed by atoms with Crippen LogP contribution in [0.5, 0.6) is 0 Å². The van der Waals surface area contributed by atoms with Gasteiger partial charge < -0.3 is 4.90 Å². The molecule has 0 aromatic heterocycles. The van der Waals surface area contributed by atoms with Gasteiger partial charge in [-0.25, -0.2) is 8.42 Å². The van der Waals surface area contributed by atoms with Gasteiger partial charge in [-0.1, -0.05) is 54.8 Å². The maximum Gasteiger partial charge on any atom is 0.251 e. The van der Waals surface area contributed by atoms with Gasteiger partial charge in [0.25, 0.3) is 5.91 Å². The maximum absolute atomic E-state index is 12.7. The fourth-order valence-corrected chi connectivity index (χ4v) is 8.17. The van der Waals surface area contributed by atoms with E-state index in [0.29, 0.717) is 10.2 Å². The molecule has 0 radical (unpaired) electrons. The summed E-state index contributed by atoms with van der Waals surface area (Å²) >= 11 is 7.78. The van der Waals surface area contributed by atoms with Gasteiger partial charge in [0.05, 0.1) is 28.3 Å². The predicted molar refractivity (Wildman–Crippen MR) is 107 cm³/mol. The molecule has 8 heteroatoms. The zero-order valence-corrected chi connectivity index (χ0v) is 16.7. The first-order valence-electron chi connectivity index (χ1n) is 8.98. The van der Waals surface area contributed by atoms with Crippen LogP contribution < -0.4 is 4.90 Å². The number of carbonyl (C=O) groups excluding carboxylic acids is 1. The van der Waals surface area contributed by atoms with Crippen LogP contribution in [0, 0.1) is 5.92 Å². The van der Waals surface area contributed by atoms with Gasteiger partial charge >= 0.3 is 0 Å². The van der Waals surface area contributed by atoms with Gasteiger partial charge in [0.15, 0.2) is 15.0 Å². The van der Waals surface area contributed by atoms with E-state index in [1.807, 2.05) is 23.1 Å². The first-order chi connectivity index (χ1) is 12.4. The van der Waals surface area contributed by atoms with Gasteiger partial charge in [0.2, 0.25) is 0 Å². The lowest BCUT2D eigenvalue weighted by molar-refractivity contribution is -0.122. The molecule has 1 aromatic rings. The topological polar surface area (TPSA) is 66.8 Å². The monoisotopic (exact) mass is 412 g/mol. The molecule has 2 aliphatic heterocycles. The minimum absolute atomic E-state index is 0.00545. The number of aliphatic imine (C=N–C) groups is 1. The van der Waals surface area contributed by atoms with Crippen molar-refractivity contribution in [2.75, 3.05) is 16.4 Å². The average molecular weight is 413 g/mol. The average Bonchev–Trinajstić information content (AvgIpc) is 3.07. The van der Waals surface area contributed by atoms with Crippen LogP contribution in [0.1, 0.15) is 32.1 Å². The van der Waals surface area contributed by atoms with Crippen LogP contribution in [0.15, 0.2) is 29.3 Å². The Morgan fingerprint density at radius 1 is 1.15 bits per heavy atom. The number of sulfone groups is 1. The lowest BCUT2D eigenvalue weighted by Crippen LogP contribution is -2.38. The number of para-hydroxylation sites is 1. The summed E-state index contributed by atoms with van der Waals surface area (Å²) in [6.45, 7) is 0. The van der Waals surface area contributed by atoms with Gasteiger partial charge in [-0.2, -0.15) is 4.99 Å². The second kappa shape index (κ2) is 7.17. The second-order valence-corrected chi connectivity index (χ2v) is 11.0. The van der Waals surface area contributed by atoms with E-state index < -0.39 is 9.84 Å². The van der Waals surface area contributed by atoms with Crippen LogP contribution in [-0.2, 0) is 14.6 Å². The molecule has 4 rings (SSSR count). The largest absolute Gasteiger partial charge is 0.314 e. The van der Waals surface area contributed by atoms with Crippen molar-refractivity contribution in [1.29, 1.82) is 0 Å². The summed E-state index contributed by atoms with van der Waals surface area (Å²) in [6, 6.07) is 7.11. The third kappa shape index (κ3) is 3.53. The number of halogens is 1. The summed E-state index contributed by atoms with van der Waals surface area (Å²) in [5.74, 6) is 0.119. The highest BCUT2D eigenvalue weighted by Crippen LogP contribution is 2.43. The highest BCUT2D eigenvalue weighted by molar-refractivity contribution is 8.16. The van der Waals surface area contributed by atoms with Crippen molar-refractivity contribution in [3.05, 3.63) is 29.3 Å². The number of amides is 1. The van der Waals surface area contributed by atoms with E-state index in [1.165, 1.54) is 18.2 Å². The Bertz CT molecular complexity index is 850. The Balaban J connectivity index is 1.68. The molecule has 2 heterocycles. The molecule has 3 aliphatic rings. The fraction of sp³-hybridized carbons (Fsp3) is 0.556. The molecular weight excluding hydrogens is 392 g/mol. The first-order valence-corrected chi connectivity index (χ1v) is 12.1. The van der Waals surface area contributed by atoms with Crippen molar-refractivity contribution in [1.82, 2.24) is 0 Å². The molecule has 0 unspecified atom stereocenters. The molecule has 1 saturated carbocycles. The van der Waals surface area contributed by atoms with Gasteiger partial charge in [-0.15, -0.1) is 0 Å². The third-order valence-electron chi connectivity index (χ3n) is 5.34. The first kappa shape index (κ1) is 18.3. The minimum atomic E-state index is -3.08. The lowest BCUT2D eigenvalue weighted by atomic mass is 9.89. The smallest absolute Gasteiger partial charge is 0.251 e. The van der Waals surface area contributed by atoms with E-state index >= 15 is 0 Å². The Morgan fingerprint density at radius 3 is 2.62 bits per heavy atom. The van der Waals surface area contributed by atoms with Crippen LogP contribution >= 0.6 is 23.4 Å². The zero-order chi connectivity index (χ0) is 18.3. The minimum Gasteiger partial charge on any atom is -0.314 e. The highest BCUT2D eigenvalue weighted by atomic mass is 35.5. The zero-order valence-electron chi connectivity index (χ0n) is 14.3. The number of nitrogens with zero attached hydrogens (tertiary/aromatic N) is 2. The van der Waals surface area contributed by atoms with Crippen molar-refractivity contribution in [3.8, 4) is 0 Å². The molecule has 5 nitrogen and oxygen atoms in total. The molecular formula is C18H21ClN2O3S2. The van der Waals surface area contributed by atoms with E-state index in [4.69, 9.17) is 11.6 Å². The second-order valence-electron chi connectivity index (χ2n) is 7.19. The standard InChI is InChI=1S/C18H21ClN2O3S2/c19-13-8-4-5-9-14(13)21-15-10-26(23,24)11-16(15)25-18(21)20-17(22)12-6-2-1-3-7-12/h4-5,8-9,12,15-16H,1-3,6-7,10-11H2/t15-,16+/m0/s1. The van der Waals surface area contributed by atoms with Crippen LogP contribution in [0.2, 0.25) is 5.02 Å². The summed E-state index contributed by atoms with van der Waals surface area (Å²) in [7, 11) is -3.08. The molecule has 26 heavy (non-hydrogen) atoms. The quantitative estimate of drug-likeness (QED) is 0.743. The Labute approximate surface area is 163 Å². The number of thioether (sulfide) groups is 1. The normalized spacial score (nSPS) is 29.9. The van der Waals surface area contributed by atoms with E-state index in [1.54, 1.807) is 6.07 Å². The van der Waals surface area contributed by atoms with Crippen molar-refractivity contribution >= 4 is 50.0 Å². The summed E-state index contributed by atoms with van der Waals surface area (Å²) in [6.07, 6.45) is 5.13. The molecule has 0 N–H and O–H groups in total. The lowest BCUT2D eigenvalue weighted by Gasteiger charge is -2.26. The Kier molecular flexibility index (Phi) is 5.05. The molecule has 3 fully saturated rings. The van der Waals surface area contributed by atoms with Crippen LogP contribution in [0.3, 0.4) is 0 Å². The van der Waals surface area contributed by atoms with Crippen molar-refractivity contribution in [2.24, 2.45) is 10.9 Å². The molecule has 2 atom stereocenters. The molecule has 1 aromatic carbocycles. The number of hydrogen-bond acceptors (Lipinski definition) is 4. The van der Waals surface area contributed by atoms with E-state index in [0.717, 1.165) is 31.4 Å². The molecule has 0 bridgehead atoms. The van der Waals surface area contributed by atoms with Gasteiger partial charge in [0, 0.05) is 11.2 Å². The number of fused-ring (bicyclic) bond motifs is 1. The van der Waals surface area contributed by atoms with Crippen LogP contribution in [-0.4, -0.2) is 42.3 Å². The van der Waals surface area contributed by atoms with E-state index in [-0.39, 0.29) is 34.6 Å². The molecule has 1 amide bonds. The van der Waals surface area contributed by atoms with Crippen LogP contribution in [0.4, 0.5) is 5.69 Å². The molecule has 1 aliphatic carbocycles. The number of amidine groups is 1. The van der Waals surface area contributed by atoms with Crippen molar-refractivity contribution in [2.45, 2.75) is 43.4 Å². The van der Waals surface area contributed by atoms with E-state index in [2.05, 4.69) is 4.99 Å². The third-order valence-corrected chi connectivity index (χ3v) is 8.87. The van der Waals surface area contributed by atoms with Crippen LogP contribution in [0.25, 0.3) is 0 Å². The fourth-order valence-electron chi connectivity index (χ4n) is 4.03. The molecule has 2 saturated heterocycles. The Hall–Kier alpha value is -1.05.